The first-order valence-electron chi connectivity index (χ1n) is 13.3. The fourth-order valence-electron chi connectivity index (χ4n) is 4.94. The second-order valence-electron chi connectivity index (χ2n) is 10.6. The van der Waals surface area contributed by atoms with Gasteiger partial charge in [-0.15, -0.1) is 0 Å². The van der Waals surface area contributed by atoms with Crippen LogP contribution >= 0.6 is 15.9 Å². The standard InChI is InChI=1S/C32H37BrN2O4/c1-7-35-29-14-13-24(33)15-26(29)28(17-32(4,5)20-39-22(3)36)31(35)27-16-25(18-34-30(27)21(2)37-6)38-19-23-11-9-8-10-12-23/h8-16,18,21H,7,17,19-20H2,1-6H3/t21-/m0/s1. The van der Waals surface area contributed by atoms with Gasteiger partial charge in [-0.05, 0) is 55.7 Å². The van der Waals surface area contributed by atoms with E-state index >= 15 is 0 Å². The molecule has 1 atom stereocenters. The fraction of sp³-hybridized carbons (Fsp3) is 0.375. The molecular formula is C32H37BrN2O4. The Hall–Kier alpha value is -3.16. The number of esters is 1. The van der Waals surface area contributed by atoms with Gasteiger partial charge in [-0.2, -0.15) is 0 Å². The molecule has 0 saturated heterocycles. The molecule has 4 aromatic rings. The number of hydrogen-bond acceptors (Lipinski definition) is 5. The topological polar surface area (TPSA) is 62.6 Å². The molecule has 0 radical (unpaired) electrons. The molecule has 0 fully saturated rings. The molecule has 0 unspecified atom stereocenters. The highest BCUT2D eigenvalue weighted by Crippen LogP contribution is 2.42. The molecule has 0 bridgehead atoms. The minimum Gasteiger partial charge on any atom is -0.487 e. The summed E-state index contributed by atoms with van der Waals surface area (Å²) in [6.45, 7) is 11.4. The van der Waals surface area contributed by atoms with E-state index in [-0.39, 0.29) is 17.5 Å². The van der Waals surface area contributed by atoms with Crippen LogP contribution in [0, 0.1) is 5.41 Å². The summed E-state index contributed by atoms with van der Waals surface area (Å²) in [6, 6.07) is 18.6. The number of ether oxygens (including phenoxy) is 3. The van der Waals surface area contributed by atoms with Crippen LogP contribution in [0.15, 0.2) is 65.3 Å². The highest BCUT2D eigenvalue weighted by Gasteiger charge is 2.29. The van der Waals surface area contributed by atoms with E-state index in [2.05, 4.69) is 65.5 Å². The summed E-state index contributed by atoms with van der Waals surface area (Å²) in [6.07, 6.45) is 2.25. The quantitative estimate of drug-likeness (QED) is 0.166. The van der Waals surface area contributed by atoms with Gasteiger partial charge in [0.2, 0.25) is 0 Å². The van der Waals surface area contributed by atoms with Crippen molar-refractivity contribution in [2.24, 2.45) is 5.41 Å². The van der Waals surface area contributed by atoms with Crippen LogP contribution in [-0.4, -0.2) is 29.2 Å². The minimum atomic E-state index is -0.294. The molecule has 4 rings (SSSR count). The van der Waals surface area contributed by atoms with Crippen LogP contribution in [0.4, 0.5) is 0 Å². The SMILES string of the molecule is CCn1c(-c2cc(OCc3ccccc3)cnc2[C@H](C)OC)c(CC(C)(C)COC(C)=O)c2cc(Br)ccc21. The van der Waals surface area contributed by atoms with E-state index < -0.39 is 0 Å². The Labute approximate surface area is 239 Å². The van der Waals surface area contributed by atoms with Crippen molar-refractivity contribution in [2.45, 2.75) is 60.3 Å². The number of rotatable bonds is 11. The first-order chi connectivity index (χ1) is 18.6. The van der Waals surface area contributed by atoms with Crippen molar-refractivity contribution >= 4 is 32.8 Å². The van der Waals surface area contributed by atoms with Gasteiger partial charge in [0.25, 0.3) is 0 Å². The minimum absolute atomic E-state index is 0.222. The molecule has 206 valence electrons. The fourth-order valence-corrected chi connectivity index (χ4v) is 5.30. The van der Waals surface area contributed by atoms with E-state index in [4.69, 9.17) is 19.2 Å². The largest absolute Gasteiger partial charge is 0.487 e. The van der Waals surface area contributed by atoms with Gasteiger partial charge < -0.3 is 18.8 Å². The van der Waals surface area contributed by atoms with Crippen molar-refractivity contribution in [1.82, 2.24) is 9.55 Å². The number of aryl methyl sites for hydroxylation is 1. The number of carbonyl (C=O) groups excluding carboxylic acids is 1. The Kier molecular flexibility index (Phi) is 9.13. The van der Waals surface area contributed by atoms with E-state index in [1.165, 1.54) is 12.5 Å². The third-order valence-corrected chi connectivity index (χ3v) is 7.40. The molecule has 2 aromatic carbocycles. The molecule has 0 saturated carbocycles. The van der Waals surface area contributed by atoms with Gasteiger partial charge in [-0.25, -0.2) is 0 Å². The normalized spacial score (nSPS) is 12.5. The molecule has 0 aliphatic carbocycles. The summed E-state index contributed by atoms with van der Waals surface area (Å²) in [5.74, 6) is 0.422. The molecule has 0 amide bonds. The predicted molar refractivity (Wildman–Crippen MR) is 159 cm³/mol. The zero-order chi connectivity index (χ0) is 28.2. The van der Waals surface area contributed by atoms with Gasteiger partial charge in [-0.1, -0.05) is 60.1 Å². The lowest BCUT2D eigenvalue weighted by Crippen LogP contribution is -2.24. The summed E-state index contributed by atoms with van der Waals surface area (Å²) in [7, 11) is 1.70. The maximum atomic E-state index is 11.6. The van der Waals surface area contributed by atoms with Crippen LogP contribution in [0.3, 0.4) is 0 Å². The van der Waals surface area contributed by atoms with Crippen LogP contribution in [0.25, 0.3) is 22.2 Å². The van der Waals surface area contributed by atoms with Crippen molar-refractivity contribution in [3.8, 4) is 17.0 Å². The lowest BCUT2D eigenvalue weighted by Gasteiger charge is -2.25. The van der Waals surface area contributed by atoms with Crippen LogP contribution < -0.4 is 4.74 Å². The van der Waals surface area contributed by atoms with Gasteiger partial charge in [0, 0.05) is 46.9 Å². The average Bonchev–Trinajstić information content (AvgIpc) is 3.22. The van der Waals surface area contributed by atoms with E-state index in [0.717, 1.165) is 44.4 Å². The second kappa shape index (κ2) is 12.3. The second-order valence-corrected chi connectivity index (χ2v) is 11.5. The Morgan fingerprint density at radius 3 is 2.54 bits per heavy atom. The molecule has 0 N–H and O–H groups in total. The summed E-state index contributed by atoms with van der Waals surface area (Å²) in [5.41, 5.74) is 6.02. The molecular weight excluding hydrogens is 556 g/mol. The number of hydrogen-bond donors (Lipinski definition) is 0. The first-order valence-corrected chi connectivity index (χ1v) is 14.1. The molecule has 7 heteroatoms. The lowest BCUT2D eigenvalue weighted by atomic mass is 9.84. The van der Waals surface area contributed by atoms with Crippen LogP contribution in [0.1, 0.15) is 57.5 Å². The molecule has 39 heavy (non-hydrogen) atoms. The van der Waals surface area contributed by atoms with Crippen molar-refractivity contribution in [3.05, 3.63) is 82.1 Å². The Morgan fingerprint density at radius 1 is 1.13 bits per heavy atom. The van der Waals surface area contributed by atoms with Gasteiger partial charge in [0.05, 0.1) is 30.3 Å². The van der Waals surface area contributed by atoms with Crippen LogP contribution in [0.2, 0.25) is 0 Å². The van der Waals surface area contributed by atoms with E-state index in [1.54, 1.807) is 13.3 Å². The lowest BCUT2D eigenvalue weighted by molar-refractivity contribution is -0.143. The smallest absolute Gasteiger partial charge is 0.302 e. The number of pyridine rings is 1. The van der Waals surface area contributed by atoms with Gasteiger partial charge in [0.1, 0.15) is 12.4 Å². The highest BCUT2D eigenvalue weighted by molar-refractivity contribution is 9.10. The van der Waals surface area contributed by atoms with Crippen molar-refractivity contribution in [2.75, 3.05) is 13.7 Å². The summed E-state index contributed by atoms with van der Waals surface area (Å²) in [5, 5.41) is 1.16. The maximum absolute atomic E-state index is 11.6. The molecule has 0 aliphatic rings. The zero-order valence-electron chi connectivity index (χ0n) is 23.6. The number of nitrogens with zero attached hydrogens (tertiary/aromatic N) is 2. The van der Waals surface area contributed by atoms with Gasteiger partial charge in [-0.3, -0.25) is 9.78 Å². The number of methoxy groups -OCH3 is 1. The summed E-state index contributed by atoms with van der Waals surface area (Å²) in [4.78, 5) is 16.5. The Bertz CT molecular complexity index is 1450. The average molecular weight is 594 g/mol. The van der Waals surface area contributed by atoms with E-state index in [0.29, 0.717) is 25.4 Å². The Morgan fingerprint density at radius 2 is 1.87 bits per heavy atom. The third kappa shape index (κ3) is 6.71. The number of aromatic nitrogens is 2. The Balaban J connectivity index is 1.90. The number of carbonyl (C=O) groups is 1. The van der Waals surface area contributed by atoms with Gasteiger partial charge >= 0.3 is 5.97 Å². The molecule has 0 spiro atoms. The number of halogens is 1. The summed E-state index contributed by atoms with van der Waals surface area (Å²) < 4.78 is 20.8. The van der Waals surface area contributed by atoms with Crippen LogP contribution in [0.5, 0.6) is 5.75 Å². The zero-order valence-corrected chi connectivity index (χ0v) is 25.2. The molecule has 0 aliphatic heterocycles. The third-order valence-electron chi connectivity index (χ3n) is 6.90. The van der Waals surface area contributed by atoms with E-state index in [1.807, 2.05) is 37.3 Å². The highest BCUT2D eigenvalue weighted by atomic mass is 79.9. The number of fused-ring (bicyclic) bond motifs is 1. The van der Waals surface area contributed by atoms with Crippen molar-refractivity contribution in [3.63, 3.8) is 0 Å². The van der Waals surface area contributed by atoms with Crippen molar-refractivity contribution < 1.29 is 19.0 Å². The first kappa shape index (κ1) is 28.8. The number of benzene rings is 2. The molecule has 2 heterocycles. The predicted octanol–water partition coefficient (Wildman–Crippen LogP) is 7.90. The maximum Gasteiger partial charge on any atom is 0.302 e. The van der Waals surface area contributed by atoms with E-state index in [9.17, 15) is 4.79 Å². The summed E-state index contributed by atoms with van der Waals surface area (Å²) >= 11 is 3.68. The van der Waals surface area contributed by atoms with Crippen LogP contribution in [-0.2, 0) is 33.8 Å². The van der Waals surface area contributed by atoms with Crippen molar-refractivity contribution in [1.29, 1.82) is 0 Å². The molecule has 2 aromatic heterocycles. The molecule has 6 nitrogen and oxygen atoms in total. The monoisotopic (exact) mass is 592 g/mol. The van der Waals surface area contributed by atoms with Gasteiger partial charge in [0.15, 0.2) is 0 Å².